The molecule has 2 heterocycles. The van der Waals surface area contributed by atoms with Gasteiger partial charge in [0.05, 0.1) is 0 Å². The predicted octanol–water partition coefficient (Wildman–Crippen LogP) is 1.72. The molecule has 0 aliphatic carbocycles. The first-order valence-corrected chi connectivity index (χ1v) is 9.92. The minimum absolute atomic E-state index is 0.0523. The van der Waals surface area contributed by atoms with Crippen LogP contribution in [-0.4, -0.2) is 50.5 Å². The quantitative estimate of drug-likeness (QED) is 0.488. The number of fused-ring (bicyclic) bond motifs is 1. The van der Waals surface area contributed by atoms with Crippen LogP contribution in [0.4, 0.5) is 5.82 Å². The smallest absolute Gasteiger partial charge is 0.254 e. The third kappa shape index (κ3) is 4.91. The summed E-state index contributed by atoms with van der Waals surface area (Å²) >= 11 is 0. The number of anilines is 1. The summed E-state index contributed by atoms with van der Waals surface area (Å²) in [5, 5.41) is 13.1. The molecule has 0 radical (unpaired) electrons. The zero-order valence-electron chi connectivity index (χ0n) is 17.6. The maximum Gasteiger partial charge on any atom is 0.254 e. The van der Waals surface area contributed by atoms with Gasteiger partial charge in [0.25, 0.3) is 11.7 Å². The van der Waals surface area contributed by atoms with Crippen molar-refractivity contribution in [3.05, 3.63) is 53.5 Å². The van der Waals surface area contributed by atoms with Gasteiger partial charge < -0.3 is 16.0 Å². The number of rotatable bonds is 8. The predicted molar refractivity (Wildman–Crippen MR) is 114 cm³/mol. The summed E-state index contributed by atoms with van der Waals surface area (Å²) in [6.07, 6.45) is 1.44. The maximum absolute atomic E-state index is 12.7. The van der Waals surface area contributed by atoms with Crippen LogP contribution in [0.15, 0.2) is 36.7 Å². The molecule has 0 spiro atoms. The lowest BCUT2D eigenvalue weighted by Gasteiger charge is -2.22. The van der Waals surface area contributed by atoms with Crippen LogP contribution in [0, 0.1) is 19.8 Å². The summed E-state index contributed by atoms with van der Waals surface area (Å²) in [5.41, 5.74) is 2.26. The molecule has 1 unspecified atom stereocenters. The lowest BCUT2D eigenvalue weighted by molar-refractivity contribution is -0.123. The Morgan fingerprint density at radius 2 is 1.90 bits per heavy atom. The van der Waals surface area contributed by atoms with E-state index in [0.29, 0.717) is 24.4 Å². The topological polar surface area (TPSA) is 113 Å². The second kappa shape index (κ2) is 9.34. The molecule has 0 aliphatic heterocycles. The van der Waals surface area contributed by atoms with E-state index in [4.69, 9.17) is 0 Å². The van der Waals surface area contributed by atoms with Gasteiger partial charge in [0.1, 0.15) is 18.2 Å². The molecule has 158 valence electrons. The highest BCUT2D eigenvalue weighted by atomic mass is 16.2. The highest BCUT2D eigenvalue weighted by Crippen LogP contribution is 2.10. The highest BCUT2D eigenvalue weighted by molar-refractivity contribution is 5.98. The summed E-state index contributed by atoms with van der Waals surface area (Å²) in [5.74, 6) is 0.743. The lowest BCUT2D eigenvalue weighted by atomic mass is 10.0. The molecular weight excluding hydrogens is 382 g/mol. The molecule has 30 heavy (non-hydrogen) atoms. The molecule has 3 aromatic rings. The molecule has 0 saturated heterocycles. The molecule has 0 aliphatic rings. The first kappa shape index (κ1) is 21.2. The number of aryl methyl sites for hydroxylation is 2. The van der Waals surface area contributed by atoms with Crippen molar-refractivity contribution in [2.45, 2.75) is 33.7 Å². The lowest BCUT2D eigenvalue weighted by Crippen LogP contribution is -2.50. The fraction of sp³-hybridized carbons (Fsp3) is 0.381. The number of amides is 2. The normalized spacial score (nSPS) is 12.0. The fourth-order valence-electron chi connectivity index (χ4n) is 3.12. The molecular formula is C21H27N7O2. The Morgan fingerprint density at radius 1 is 1.13 bits per heavy atom. The fourth-order valence-corrected chi connectivity index (χ4v) is 3.12. The number of hydrogen-bond donors (Lipinski definition) is 3. The summed E-state index contributed by atoms with van der Waals surface area (Å²) in [6, 6.07) is 8.56. The first-order chi connectivity index (χ1) is 14.4. The van der Waals surface area contributed by atoms with Gasteiger partial charge in [-0.1, -0.05) is 32.0 Å². The number of carbonyl (C=O) groups excluding carboxylic acids is 2. The van der Waals surface area contributed by atoms with Crippen molar-refractivity contribution in [2.75, 3.05) is 18.4 Å². The van der Waals surface area contributed by atoms with Gasteiger partial charge in [-0.15, -0.1) is 0 Å². The van der Waals surface area contributed by atoms with E-state index in [1.54, 1.807) is 10.6 Å². The summed E-state index contributed by atoms with van der Waals surface area (Å²) in [4.78, 5) is 33.7. The van der Waals surface area contributed by atoms with E-state index in [2.05, 4.69) is 31.0 Å². The Kier molecular flexibility index (Phi) is 6.61. The average Bonchev–Trinajstić information content (AvgIpc) is 3.17. The van der Waals surface area contributed by atoms with Crippen LogP contribution in [0.5, 0.6) is 0 Å². The monoisotopic (exact) mass is 409 g/mol. The SMILES string of the molecule is Cc1cc(NCCNC(=O)C(NC(=O)c2ccccc2C)C(C)C)n2ncnc2n1. The van der Waals surface area contributed by atoms with Gasteiger partial charge >= 0.3 is 0 Å². The number of benzene rings is 1. The second-order valence-corrected chi connectivity index (χ2v) is 7.48. The number of nitrogens with zero attached hydrogens (tertiary/aromatic N) is 4. The van der Waals surface area contributed by atoms with E-state index in [-0.39, 0.29) is 17.7 Å². The van der Waals surface area contributed by atoms with Crippen LogP contribution in [-0.2, 0) is 4.79 Å². The van der Waals surface area contributed by atoms with Crippen molar-refractivity contribution < 1.29 is 9.59 Å². The minimum Gasteiger partial charge on any atom is -0.368 e. The molecule has 2 amide bonds. The van der Waals surface area contributed by atoms with E-state index >= 15 is 0 Å². The molecule has 9 nitrogen and oxygen atoms in total. The third-order valence-corrected chi connectivity index (χ3v) is 4.74. The Bertz CT molecular complexity index is 1040. The summed E-state index contributed by atoms with van der Waals surface area (Å²) < 4.78 is 1.61. The van der Waals surface area contributed by atoms with E-state index in [9.17, 15) is 9.59 Å². The zero-order valence-corrected chi connectivity index (χ0v) is 17.6. The second-order valence-electron chi connectivity index (χ2n) is 7.48. The molecule has 0 bridgehead atoms. The third-order valence-electron chi connectivity index (χ3n) is 4.74. The van der Waals surface area contributed by atoms with Crippen LogP contribution < -0.4 is 16.0 Å². The number of hydrogen-bond acceptors (Lipinski definition) is 6. The van der Waals surface area contributed by atoms with Crippen molar-refractivity contribution in [2.24, 2.45) is 5.92 Å². The van der Waals surface area contributed by atoms with Crippen molar-refractivity contribution in [3.8, 4) is 0 Å². The number of carbonyl (C=O) groups is 2. The van der Waals surface area contributed by atoms with E-state index in [1.807, 2.05) is 52.0 Å². The van der Waals surface area contributed by atoms with Gasteiger partial charge in [-0.05, 0) is 31.4 Å². The van der Waals surface area contributed by atoms with Crippen LogP contribution in [0.2, 0.25) is 0 Å². The van der Waals surface area contributed by atoms with Crippen molar-refractivity contribution >= 4 is 23.4 Å². The minimum atomic E-state index is -0.623. The number of nitrogens with one attached hydrogen (secondary N) is 3. The molecule has 0 saturated carbocycles. The van der Waals surface area contributed by atoms with Crippen molar-refractivity contribution in [3.63, 3.8) is 0 Å². The molecule has 9 heteroatoms. The van der Waals surface area contributed by atoms with Crippen molar-refractivity contribution in [1.29, 1.82) is 0 Å². The Morgan fingerprint density at radius 3 is 2.63 bits per heavy atom. The summed E-state index contributed by atoms with van der Waals surface area (Å²) in [7, 11) is 0. The largest absolute Gasteiger partial charge is 0.368 e. The molecule has 2 aromatic heterocycles. The van der Waals surface area contributed by atoms with Gasteiger partial charge in [-0.2, -0.15) is 14.6 Å². The van der Waals surface area contributed by atoms with E-state index in [0.717, 1.165) is 17.1 Å². The van der Waals surface area contributed by atoms with Crippen LogP contribution in [0.3, 0.4) is 0 Å². The maximum atomic E-state index is 12.7. The highest BCUT2D eigenvalue weighted by Gasteiger charge is 2.24. The summed E-state index contributed by atoms with van der Waals surface area (Å²) in [6.45, 7) is 8.44. The van der Waals surface area contributed by atoms with E-state index < -0.39 is 6.04 Å². The molecule has 0 fully saturated rings. The Balaban J connectivity index is 1.56. The van der Waals surface area contributed by atoms with Crippen LogP contribution in [0.25, 0.3) is 5.78 Å². The van der Waals surface area contributed by atoms with Gasteiger partial charge in [0, 0.05) is 30.4 Å². The Labute approximate surface area is 175 Å². The molecule has 1 aromatic carbocycles. The molecule has 3 N–H and O–H groups in total. The standard InChI is InChI=1S/C21H27N7O2/c1-13(2)18(27-19(29)16-8-6-5-7-14(16)3)20(30)23-10-9-22-17-11-15(4)26-21-24-12-25-28(17)21/h5-8,11-13,18,22H,9-10H2,1-4H3,(H,23,30)(H,27,29). The van der Waals surface area contributed by atoms with Gasteiger partial charge in [-0.3, -0.25) is 9.59 Å². The van der Waals surface area contributed by atoms with Crippen molar-refractivity contribution in [1.82, 2.24) is 30.2 Å². The zero-order chi connectivity index (χ0) is 21.7. The van der Waals surface area contributed by atoms with Gasteiger partial charge in [-0.25, -0.2) is 4.98 Å². The van der Waals surface area contributed by atoms with Gasteiger partial charge in [0.2, 0.25) is 5.91 Å². The van der Waals surface area contributed by atoms with Gasteiger partial charge in [0.15, 0.2) is 0 Å². The van der Waals surface area contributed by atoms with Crippen LogP contribution in [0.1, 0.15) is 35.5 Å². The van der Waals surface area contributed by atoms with Crippen LogP contribution >= 0.6 is 0 Å². The van der Waals surface area contributed by atoms with E-state index in [1.165, 1.54) is 6.33 Å². The Hall–Kier alpha value is -3.49. The number of aromatic nitrogens is 4. The first-order valence-electron chi connectivity index (χ1n) is 9.92. The molecule has 3 rings (SSSR count). The average molecular weight is 409 g/mol. The molecule has 1 atom stereocenters.